The van der Waals surface area contributed by atoms with Crippen LogP contribution >= 0.6 is 27.3 Å². The molecule has 0 saturated heterocycles. The van der Waals surface area contributed by atoms with Gasteiger partial charge in [0.25, 0.3) is 10.0 Å². The number of benzene rings is 1. The third kappa shape index (κ3) is 3.20. The SMILES string of the molecule is O=S(=O)(Nc1cccc(-n2cccc2)c1)c1ccc(Br)s1. The van der Waals surface area contributed by atoms with E-state index in [1.165, 1.54) is 11.3 Å². The Bertz CT molecular complexity index is 855. The van der Waals surface area contributed by atoms with Crippen LogP contribution in [0.3, 0.4) is 0 Å². The minimum atomic E-state index is -3.55. The summed E-state index contributed by atoms with van der Waals surface area (Å²) in [7, 11) is -3.55. The highest BCUT2D eigenvalue weighted by molar-refractivity contribution is 9.11. The van der Waals surface area contributed by atoms with E-state index in [1.807, 2.05) is 41.2 Å². The highest BCUT2D eigenvalue weighted by atomic mass is 79.9. The lowest BCUT2D eigenvalue weighted by Gasteiger charge is -2.09. The highest BCUT2D eigenvalue weighted by Crippen LogP contribution is 2.28. The lowest BCUT2D eigenvalue weighted by Crippen LogP contribution is -2.11. The summed E-state index contributed by atoms with van der Waals surface area (Å²) in [5.74, 6) is 0. The molecule has 0 bridgehead atoms. The third-order valence-corrected chi connectivity index (χ3v) is 6.31. The monoisotopic (exact) mass is 382 g/mol. The van der Waals surface area contributed by atoms with E-state index in [1.54, 1.807) is 24.3 Å². The average Bonchev–Trinajstić information content (AvgIpc) is 3.09. The Hall–Kier alpha value is -1.57. The second-order valence-electron chi connectivity index (χ2n) is 4.30. The molecule has 0 spiro atoms. The Morgan fingerprint density at radius 2 is 1.81 bits per heavy atom. The van der Waals surface area contributed by atoms with Crippen LogP contribution in [-0.4, -0.2) is 13.0 Å². The number of nitrogens with one attached hydrogen (secondary N) is 1. The fourth-order valence-corrected chi connectivity index (χ4v) is 4.94. The van der Waals surface area contributed by atoms with Crippen LogP contribution in [0.25, 0.3) is 5.69 Å². The summed E-state index contributed by atoms with van der Waals surface area (Å²) in [4.78, 5) is 0. The second kappa shape index (κ2) is 5.67. The van der Waals surface area contributed by atoms with E-state index in [0.29, 0.717) is 5.69 Å². The van der Waals surface area contributed by atoms with E-state index >= 15 is 0 Å². The minimum absolute atomic E-state index is 0.278. The Labute approximate surface area is 135 Å². The number of sulfonamides is 1. The Morgan fingerprint density at radius 3 is 2.48 bits per heavy atom. The highest BCUT2D eigenvalue weighted by Gasteiger charge is 2.16. The summed E-state index contributed by atoms with van der Waals surface area (Å²) in [6, 6.07) is 14.4. The summed E-state index contributed by atoms with van der Waals surface area (Å²) < 4.78 is 30.1. The van der Waals surface area contributed by atoms with Crippen molar-refractivity contribution in [3.05, 3.63) is 64.7 Å². The number of nitrogens with zero attached hydrogens (tertiary/aromatic N) is 1. The number of rotatable bonds is 4. The van der Waals surface area contributed by atoms with E-state index in [-0.39, 0.29) is 4.21 Å². The number of hydrogen-bond acceptors (Lipinski definition) is 3. The molecule has 3 aromatic rings. The summed E-state index contributed by atoms with van der Waals surface area (Å²) in [5, 5.41) is 0. The van der Waals surface area contributed by atoms with Crippen molar-refractivity contribution in [2.24, 2.45) is 0 Å². The van der Waals surface area contributed by atoms with Gasteiger partial charge < -0.3 is 4.57 Å². The molecular formula is C14H11BrN2O2S2. The van der Waals surface area contributed by atoms with E-state index < -0.39 is 10.0 Å². The number of aromatic nitrogens is 1. The third-order valence-electron chi connectivity index (χ3n) is 2.81. The van der Waals surface area contributed by atoms with Crippen molar-refractivity contribution in [2.75, 3.05) is 4.72 Å². The van der Waals surface area contributed by atoms with Crippen LogP contribution in [0.2, 0.25) is 0 Å². The number of anilines is 1. The fraction of sp³-hybridized carbons (Fsp3) is 0. The van der Waals surface area contributed by atoms with Crippen molar-refractivity contribution in [2.45, 2.75) is 4.21 Å². The molecular weight excluding hydrogens is 372 g/mol. The zero-order valence-electron chi connectivity index (χ0n) is 10.7. The molecule has 0 aliphatic rings. The van der Waals surface area contributed by atoms with E-state index in [0.717, 1.165) is 9.47 Å². The molecule has 2 heterocycles. The first-order chi connectivity index (χ1) is 10.0. The van der Waals surface area contributed by atoms with Gasteiger partial charge in [-0.1, -0.05) is 6.07 Å². The van der Waals surface area contributed by atoms with Crippen LogP contribution in [0.15, 0.2) is 68.9 Å². The van der Waals surface area contributed by atoms with Crippen molar-refractivity contribution < 1.29 is 8.42 Å². The Balaban J connectivity index is 1.90. The van der Waals surface area contributed by atoms with E-state index in [2.05, 4.69) is 20.7 Å². The molecule has 0 radical (unpaired) electrons. The molecule has 7 heteroatoms. The normalized spacial score (nSPS) is 11.5. The summed E-state index contributed by atoms with van der Waals surface area (Å²) in [6.07, 6.45) is 3.81. The zero-order chi connectivity index (χ0) is 14.9. The van der Waals surface area contributed by atoms with Gasteiger partial charge in [-0.05, 0) is 58.4 Å². The van der Waals surface area contributed by atoms with Crippen molar-refractivity contribution >= 4 is 43.0 Å². The number of halogens is 1. The first-order valence-corrected chi connectivity index (χ1v) is 9.15. The molecule has 0 saturated carbocycles. The quantitative estimate of drug-likeness (QED) is 0.738. The maximum absolute atomic E-state index is 12.3. The van der Waals surface area contributed by atoms with Crippen LogP contribution in [0.4, 0.5) is 5.69 Å². The predicted molar refractivity (Wildman–Crippen MR) is 88.6 cm³/mol. The van der Waals surface area contributed by atoms with Gasteiger partial charge in [0.2, 0.25) is 0 Å². The predicted octanol–water partition coefficient (Wildman–Crippen LogP) is 4.10. The molecule has 0 unspecified atom stereocenters. The Morgan fingerprint density at radius 1 is 1.05 bits per heavy atom. The van der Waals surface area contributed by atoms with Gasteiger partial charge in [-0.2, -0.15) is 0 Å². The number of thiophene rings is 1. The fourth-order valence-electron chi connectivity index (χ4n) is 1.88. The van der Waals surface area contributed by atoms with Crippen LogP contribution in [0, 0.1) is 0 Å². The van der Waals surface area contributed by atoms with Gasteiger partial charge in [0, 0.05) is 18.1 Å². The molecule has 3 rings (SSSR count). The van der Waals surface area contributed by atoms with Crippen LogP contribution in [-0.2, 0) is 10.0 Å². The molecule has 21 heavy (non-hydrogen) atoms. The molecule has 0 fully saturated rings. The molecule has 4 nitrogen and oxygen atoms in total. The second-order valence-corrected chi connectivity index (χ2v) is 8.68. The Kier molecular flexibility index (Phi) is 3.88. The number of hydrogen-bond donors (Lipinski definition) is 1. The molecule has 1 N–H and O–H groups in total. The lowest BCUT2D eigenvalue weighted by atomic mass is 10.3. The molecule has 108 valence electrons. The maximum atomic E-state index is 12.3. The standard InChI is InChI=1S/C14H11BrN2O2S2/c15-13-6-7-14(20-13)21(18,19)16-11-4-3-5-12(10-11)17-8-1-2-9-17/h1-10,16H. The molecule has 0 atom stereocenters. The van der Waals surface area contributed by atoms with Crippen molar-refractivity contribution in [3.63, 3.8) is 0 Å². The summed E-state index contributed by atoms with van der Waals surface area (Å²) >= 11 is 4.45. The lowest BCUT2D eigenvalue weighted by molar-refractivity contribution is 0.603. The molecule has 0 aliphatic carbocycles. The van der Waals surface area contributed by atoms with Crippen molar-refractivity contribution in [1.82, 2.24) is 4.57 Å². The molecule has 0 aliphatic heterocycles. The minimum Gasteiger partial charge on any atom is -0.324 e. The van der Waals surface area contributed by atoms with Gasteiger partial charge >= 0.3 is 0 Å². The molecule has 1 aromatic carbocycles. The first kappa shape index (κ1) is 14.4. The average molecular weight is 383 g/mol. The molecule has 2 aromatic heterocycles. The van der Waals surface area contributed by atoms with Crippen molar-refractivity contribution in [3.8, 4) is 5.69 Å². The van der Waals surface area contributed by atoms with Gasteiger partial charge in [-0.3, -0.25) is 4.72 Å². The zero-order valence-corrected chi connectivity index (χ0v) is 14.0. The summed E-state index contributed by atoms with van der Waals surface area (Å²) in [5.41, 5.74) is 1.43. The largest absolute Gasteiger partial charge is 0.324 e. The molecule has 0 amide bonds. The first-order valence-electron chi connectivity index (χ1n) is 6.06. The van der Waals surface area contributed by atoms with Crippen LogP contribution in [0.5, 0.6) is 0 Å². The van der Waals surface area contributed by atoms with Gasteiger partial charge in [0.05, 0.1) is 9.47 Å². The van der Waals surface area contributed by atoms with Gasteiger partial charge in [-0.25, -0.2) is 8.42 Å². The summed E-state index contributed by atoms with van der Waals surface area (Å²) in [6.45, 7) is 0. The van der Waals surface area contributed by atoms with Crippen LogP contribution < -0.4 is 4.72 Å². The van der Waals surface area contributed by atoms with E-state index in [9.17, 15) is 8.42 Å². The van der Waals surface area contributed by atoms with E-state index in [4.69, 9.17) is 0 Å². The van der Waals surface area contributed by atoms with Gasteiger partial charge in [0.1, 0.15) is 4.21 Å². The van der Waals surface area contributed by atoms with Crippen molar-refractivity contribution in [1.29, 1.82) is 0 Å². The maximum Gasteiger partial charge on any atom is 0.271 e. The van der Waals surface area contributed by atoms with Gasteiger partial charge in [0.15, 0.2) is 0 Å². The van der Waals surface area contributed by atoms with Crippen LogP contribution in [0.1, 0.15) is 0 Å². The topological polar surface area (TPSA) is 51.1 Å². The smallest absolute Gasteiger partial charge is 0.271 e. The van der Waals surface area contributed by atoms with Gasteiger partial charge in [-0.15, -0.1) is 11.3 Å².